The van der Waals surface area contributed by atoms with Crippen LogP contribution in [0.1, 0.15) is 0 Å². The Morgan fingerprint density at radius 1 is 1.53 bits per heavy atom. The summed E-state index contributed by atoms with van der Waals surface area (Å²) in [4.78, 5) is -0.0413. The van der Waals surface area contributed by atoms with Crippen LogP contribution in [0.3, 0.4) is 0 Å². The lowest BCUT2D eigenvalue weighted by molar-refractivity contribution is 0.0109. The molecule has 2 rings (SSSR count). The van der Waals surface area contributed by atoms with Gasteiger partial charge in [0, 0.05) is 11.6 Å². The van der Waals surface area contributed by atoms with Gasteiger partial charge in [-0.2, -0.15) is 4.31 Å². The molecule has 106 valence electrons. The first-order chi connectivity index (χ1) is 8.96. The van der Waals surface area contributed by atoms with E-state index in [0.29, 0.717) is 5.02 Å². The van der Waals surface area contributed by atoms with E-state index in [2.05, 4.69) is 0 Å². The largest absolute Gasteiger partial charge is 0.398 e. The fourth-order valence-electron chi connectivity index (χ4n) is 1.96. The average Bonchev–Trinajstić information content (AvgIpc) is 2.41. The minimum atomic E-state index is -3.79. The molecular weight excluding hydrogens is 292 g/mol. The fraction of sp³-hybridized carbons (Fsp3) is 0.455. The van der Waals surface area contributed by atoms with Gasteiger partial charge in [-0.25, -0.2) is 8.42 Å². The van der Waals surface area contributed by atoms with E-state index < -0.39 is 16.1 Å². The molecular formula is C11H15ClN2O4S. The van der Waals surface area contributed by atoms with Gasteiger partial charge >= 0.3 is 0 Å². The lowest BCUT2D eigenvalue weighted by Gasteiger charge is -2.33. The molecule has 1 unspecified atom stereocenters. The number of benzene rings is 1. The van der Waals surface area contributed by atoms with E-state index in [1.165, 1.54) is 22.5 Å². The molecule has 1 heterocycles. The van der Waals surface area contributed by atoms with E-state index in [1.54, 1.807) is 0 Å². The smallest absolute Gasteiger partial charge is 0.245 e. The Morgan fingerprint density at radius 2 is 2.26 bits per heavy atom. The third kappa shape index (κ3) is 2.85. The third-order valence-corrected chi connectivity index (χ3v) is 5.19. The average molecular weight is 307 g/mol. The Kier molecular flexibility index (Phi) is 4.32. The second-order valence-corrected chi connectivity index (χ2v) is 6.50. The van der Waals surface area contributed by atoms with Gasteiger partial charge in [-0.15, -0.1) is 0 Å². The van der Waals surface area contributed by atoms with Crippen LogP contribution in [-0.4, -0.2) is 50.2 Å². The predicted octanol–water partition coefficient (Wildman–Crippen LogP) is 0.304. The zero-order chi connectivity index (χ0) is 14.0. The molecule has 1 aliphatic heterocycles. The van der Waals surface area contributed by atoms with E-state index in [0.717, 1.165) is 0 Å². The van der Waals surface area contributed by atoms with Gasteiger partial charge in [0.25, 0.3) is 0 Å². The standard InChI is InChI=1S/C11H15ClN2O4S/c12-8-1-2-10(13)11(5-8)19(16,17)14-3-4-18-7-9(14)6-15/h1-2,5,9,15H,3-4,6-7,13H2. The lowest BCUT2D eigenvalue weighted by Crippen LogP contribution is -2.50. The summed E-state index contributed by atoms with van der Waals surface area (Å²) in [5.41, 5.74) is 5.84. The Morgan fingerprint density at radius 3 is 2.95 bits per heavy atom. The predicted molar refractivity (Wildman–Crippen MR) is 71.4 cm³/mol. The summed E-state index contributed by atoms with van der Waals surface area (Å²) < 4.78 is 31.5. The number of rotatable bonds is 3. The van der Waals surface area contributed by atoms with E-state index in [-0.39, 0.29) is 36.9 Å². The number of morpholine rings is 1. The summed E-state index contributed by atoms with van der Waals surface area (Å²) in [6, 6.07) is 3.69. The van der Waals surface area contributed by atoms with Crippen LogP contribution in [-0.2, 0) is 14.8 Å². The third-order valence-electron chi connectivity index (χ3n) is 2.95. The van der Waals surface area contributed by atoms with Gasteiger partial charge in [-0.05, 0) is 18.2 Å². The Balaban J connectivity index is 2.43. The molecule has 0 aliphatic carbocycles. The Labute approximate surface area is 116 Å². The Hall–Kier alpha value is -0.860. The van der Waals surface area contributed by atoms with E-state index in [9.17, 15) is 13.5 Å². The number of ether oxygens (including phenoxy) is 1. The summed E-state index contributed by atoms with van der Waals surface area (Å²) >= 11 is 5.82. The lowest BCUT2D eigenvalue weighted by atomic mass is 10.3. The van der Waals surface area contributed by atoms with Gasteiger partial charge < -0.3 is 15.6 Å². The molecule has 3 N–H and O–H groups in total. The van der Waals surface area contributed by atoms with E-state index >= 15 is 0 Å². The van der Waals surface area contributed by atoms with Gasteiger partial charge in [0.05, 0.1) is 31.5 Å². The maximum absolute atomic E-state index is 12.6. The van der Waals surface area contributed by atoms with Crippen LogP contribution in [0.2, 0.25) is 5.02 Å². The van der Waals surface area contributed by atoms with E-state index in [4.69, 9.17) is 22.1 Å². The monoisotopic (exact) mass is 306 g/mol. The molecule has 0 radical (unpaired) electrons. The summed E-state index contributed by atoms with van der Waals surface area (Å²) in [5, 5.41) is 9.55. The zero-order valence-corrected chi connectivity index (χ0v) is 11.7. The molecule has 0 bridgehead atoms. The second-order valence-electron chi connectivity index (χ2n) is 4.21. The van der Waals surface area contributed by atoms with Crippen molar-refractivity contribution in [3.63, 3.8) is 0 Å². The summed E-state index contributed by atoms with van der Waals surface area (Å²) in [6.45, 7) is 0.325. The number of anilines is 1. The van der Waals surface area contributed by atoms with Crippen molar-refractivity contribution in [1.29, 1.82) is 0 Å². The van der Waals surface area contributed by atoms with Gasteiger partial charge in [0.2, 0.25) is 10.0 Å². The number of hydrogen-bond acceptors (Lipinski definition) is 5. The molecule has 6 nitrogen and oxygen atoms in total. The molecule has 1 atom stereocenters. The number of hydrogen-bond donors (Lipinski definition) is 2. The van der Waals surface area contributed by atoms with Crippen LogP contribution in [0.5, 0.6) is 0 Å². The van der Waals surface area contributed by atoms with Crippen LogP contribution in [0, 0.1) is 0 Å². The first-order valence-corrected chi connectivity index (χ1v) is 7.54. The summed E-state index contributed by atoms with van der Waals surface area (Å²) in [6.07, 6.45) is 0. The highest BCUT2D eigenvalue weighted by Crippen LogP contribution is 2.27. The first-order valence-electron chi connectivity index (χ1n) is 5.72. The molecule has 1 aromatic carbocycles. The zero-order valence-electron chi connectivity index (χ0n) is 10.1. The molecule has 1 aliphatic rings. The minimum absolute atomic E-state index is 0.0413. The molecule has 0 spiro atoms. The second kappa shape index (κ2) is 5.64. The molecule has 1 saturated heterocycles. The number of sulfonamides is 1. The van der Waals surface area contributed by atoms with Crippen molar-refractivity contribution < 1.29 is 18.3 Å². The molecule has 0 aromatic heterocycles. The van der Waals surface area contributed by atoms with Crippen molar-refractivity contribution in [2.75, 3.05) is 32.1 Å². The molecule has 1 fully saturated rings. The number of aliphatic hydroxyl groups is 1. The van der Waals surface area contributed by atoms with Crippen molar-refractivity contribution >= 4 is 27.3 Å². The van der Waals surface area contributed by atoms with Crippen LogP contribution in [0.4, 0.5) is 5.69 Å². The number of halogens is 1. The minimum Gasteiger partial charge on any atom is -0.398 e. The fourth-order valence-corrected chi connectivity index (χ4v) is 3.92. The normalized spacial score (nSPS) is 21.5. The van der Waals surface area contributed by atoms with Crippen molar-refractivity contribution in [2.45, 2.75) is 10.9 Å². The number of nitrogens with two attached hydrogens (primary N) is 1. The van der Waals surface area contributed by atoms with E-state index in [1.807, 2.05) is 0 Å². The number of aliphatic hydroxyl groups excluding tert-OH is 1. The maximum atomic E-state index is 12.6. The van der Waals surface area contributed by atoms with Crippen LogP contribution >= 0.6 is 11.6 Å². The summed E-state index contributed by atoms with van der Waals surface area (Å²) in [7, 11) is -3.79. The summed E-state index contributed by atoms with van der Waals surface area (Å²) in [5.74, 6) is 0. The topological polar surface area (TPSA) is 92.9 Å². The van der Waals surface area contributed by atoms with Gasteiger partial charge in [-0.1, -0.05) is 11.6 Å². The number of nitrogens with zero attached hydrogens (tertiary/aromatic N) is 1. The highest BCUT2D eigenvalue weighted by molar-refractivity contribution is 7.89. The molecule has 1 aromatic rings. The highest BCUT2D eigenvalue weighted by Gasteiger charge is 2.34. The quantitative estimate of drug-likeness (QED) is 0.784. The van der Waals surface area contributed by atoms with Crippen molar-refractivity contribution in [3.8, 4) is 0 Å². The van der Waals surface area contributed by atoms with Gasteiger partial charge in [0.15, 0.2) is 0 Å². The van der Waals surface area contributed by atoms with Gasteiger partial charge in [-0.3, -0.25) is 0 Å². The maximum Gasteiger partial charge on any atom is 0.245 e. The first kappa shape index (κ1) is 14.5. The van der Waals surface area contributed by atoms with Crippen molar-refractivity contribution in [1.82, 2.24) is 4.31 Å². The van der Waals surface area contributed by atoms with Crippen LogP contribution in [0.25, 0.3) is 0 Å². The molecule has 0 amide bonds. The molecule has 0 saturated carbocycles. The van der Waals surface area contributed by atoms with Gasteiger partial charge in [0.1, 0.15) is 4.90 Å². The molecule has 19 heavy (non-hydrogen) atoms. The SMILES string of the molecule is Nc1ccc(Cl)cc1S(=O)(=O)N1CCOCC1CO. The van der Waals surface area contributed by atoms with Crippen molar-refractivity contribution in [2.24, 2.45) is 0 Å². The van der Waals surface area contributed by atoms with Crippen molar-refractivity contribution in [3.05, 3.63) is 23.2 Å². The van der Waals surface area contributed by atoms with Crippen LogP contribution in [0.15, 0.2) is 23.1 Å². The number of nitrogen functional groups attached to an aromatic ring is 1. The van der Waals surface area contributed by atoms with Crippen LogP contribution < -0.4 is 5.73 Å². The Bertz CT molecular complexity index is 564. The highest BCUT2D eigenvalue weighted by atomic mass is 35.5. The molecule has 8 heteroatoms.